The summed E-state index contributed by atoms with van der Waals surface area (Å²) in [5, 5.41) is 4.02. The van der Waals surface area contributed by atoms with Gasteiger partial charge >= 0.3 is 0 Å². The molecule has 0 saturated carbocycles. The number of rotatable bonds is 5. The molecule has 0 unspecified atom stereocenters. The quantitative estimate of drug-likeness (QED) is 0.187. The highest BCUT2D eigenvalue weighted by Gasteiger charge is 2.21. The molecule has 9 rings (SSSR count). The summed E-state index contributed by atoms with van der Waals surface area (Å²) in [4.78, 5) is 27.9. The van der Waals surface area contributed by atoms with Crippen LogP contribution in [0.2, 0.25) is 0 Å². The Kier molecular flexibility index (Phi) is 5.66. The van der Waals surface area contributed by atoms with Crippen LogP contribution >= 0.6 is 0 Å². The van der Waals surface area contributed by atoms with Crippen LogP contribution < -0.4 is 0 Å². The zero-order valence-electron chi connectivity index (χ0n) is 24.8. The van der Waals surface area contributed by atoms with Gasteiger partial charge in [-0.25, -0.2) is 9.97 Å². The van der Waals surface area contributed by atoms with E-state index in [2.05, 4.69) is 71.8 Å². The third-order valence-electron chi connectivity index (χ3n) is 8.53. The van der Waals surface area contributed by atoms with E-state index in [4.69, 9.17) is 15.0 Å². The molecule has 218 valence electrons. The van der Waals surface area contributed by atoms with Crippen molar-refractivity contribution in [2.75, 3.05) is 0 Å². The maximum absolute atomic E-state index is 4.86. The molecule has 0 fully saturated rings. The van der Waals surface area contributed by atoms with Gasteiger partial charge in [-0.2, -0.15) is 0 Å². The molecule has 8 heterocycles. The predicted octanol–water partition coefficient (Wildman–Crippen LogP) is 8.16. The second-order valence-corrected chi connectivity index (χ2v) is 11.0. The largest absolute Gasteiger partial charge is 0.306 e. The Morgan fingerprint density at radius 1 is 0.609 bits per heavy atom. The minimum atomic E-state index is 0.781. The fourth-order valence-electron chi connectivity index (χ4n) is 6.73. The molecule has 0 spiro atoms. The van der Waals surface area contributed by atoms with Crippen LogP contribution in [0, 0.1) is 0 Å². The Hall–Kier alpha value is -6.48. The van der Waals surface area contributed by atoms with E-state index in [0.29, 0.717) is 0 Å². The van der Waals surface area contributed by atoms with E-state index in [-0.39, 0.29) is 0 Å². The van der Waals surface area contributed by atoms with Gasteiger partial charge in [0.05, 0.1) is 56.7 Å². The number of hydrogen-bond donors (Lipinski definition) is 0. The standard InChI is InChI=1S/C37H25N9/c1-3-7-31-34(38-2)28-9-5-15-43-37(28)46(31)25-19-23(44-32-10-6-13-41-35(32)27-11-16-40-22-33(27)44)18-24(20-25)45-30-12-17-39-21-29(30)26-8-4-14-42-36(26)45/h3-22H,2H2,1H3/b7-3-. The third kappa shape index (κ3) is 3.62. The minimum Gasteiger partial charge on any atom is -0.306 e. The molecular weight excluding hydrogens is 570 g/mol. The van der Waals surface area contributed by atoms with Crippen LogP contribution in [0.1, 0.15) is 12.6 Å². The van der Waals surface area contributed by atoms with E-state index in [1.165, 1.54) is 0 Å². The summed E-state index contributed by atoms with van der Waals surface area (Å²) in [6.45, 7) is 5.92. The Morgan fingerprint density at radius 3 is 2.09 bits per heavy atom. The molecular formula is C37H25N9. The van der Waals surface area contributed by atoms with Crippen LogP contribution in [-0.2, 0) is 0 Å². The first-order valence-electron chi connectivity index (χ1n) is 14.9. The van der Waals surface area contributed by atoms with Crippen LogP contribution in [0.15, 0.2) is 121 Å². The molecule has 0 radical (unpaired) electrons. The van der Waals surface area contributed by atoms with E-state index in [1.54, 1.807) is 0 Å². The first kappa shape index (κ1) is 26.0. The van der Waals surface area contributed by atoms with Crippen molar-refractivity contribution in [2.45, 2.75) is 6.92 Å². The predicted molar refractivity (Wildman–Crippen MR) is 185 cm³/mol. The normalized spacial score (nSPS) is 12.0. The number of allylic oxidation sites excluding steroid dienone is 1. The van der Waals surface area contributed by atoms with Gasteiger partial charge in [-0.15, -0.1) is 0 Å². The summed E-state index contributed by atoms with van der Waals surface area (Å²) in [7, 11) is 0. The van der Waals surface area contributed by atoms with Gasteiger partial charge in [0.25, 0.3) is 0 Å². The first-order valence-corrected chi connectivity index (χ1v) is 14.9. The lowest BCUT2D eigenvalue weighted by Gasteiger charge is -2.17. The van der Waals surface area contributed by atoms with Crippen molar-refractivity contribution in [1.29, 1.82) is 0 Å². The molecule has 8 aromatic heterocycles. The van der Waals surface area contributed by atoms with Gasteiger partial charge < -0.3 is 4.57 Å². The fraction of sp³-hybridized carbons (Fsp3) is 0.0270. The van der Waals surface area contributed by atoms with Crippen LogP contribution in [-0.4, -0.2) is 45.3 Å². The van der Waals surface area contributed by atoms with Crippen LogP contribution in [0.25, 0.3) is 78.0 Å². The SMILES string of the molecule is C=Nc1c(/C=C\C)n(-c2cc(-n3c4cnccc4c4ncccc43)cc(-n3c4ccncc4c4cccnc43)c2)c2ncccc12. The number of nitrogens with zero attached hydrogens (tertiary/aromatic N) is 9. The van der Waals surface area contributed by atoms with Gasteiger partial charge in [-0.1, -0.05) is 6.08 Å². The van der Waals surface area contributed by atoms with Crippen molar-refractivity contribution in [3.05, 3.63) is 122 Å². The lowest BCUT2D eigenvalue weighted by molar-refractivity contribution is 1.04. The van der Waals surface area contributed by atoms with Gasteiger partial charge in [-0.05, 0) is 86.4 Å². The Bertz CT molecular complexity index is 2450. The van der Waals surface area contributed by atoms with Crippen molar-refractivity contribution in [3.8, 4) is 17.1 Å². The molecule has 9 aromatic rings. The van der Waals surface area contributed by atoms with E-state index < -0.39 is 0 Å². The summed E-state index contributed by atoms with van der Waals surface area (Å²) in [6, 6.07) is 22.7. The van der Waals surface area contributed by atoms with E-state index in [9.17, 15) is 0 Å². The van der Waals surface area contributed by atoms with Crippen molar-refractivity contribution in [1.82, 2.24) is 38.6 Å². The lowest BCUT2D eigenvalue weighted by Crippen LogP contribution is -2.05. The van der Waals surface area contributed by atoms with Crippen molar-refractivity contribution < 1.29 is 0 Å². The average Bonchev–Trinajstić information content (AvgIpc) is 3.74. The molecule has 0 N–H and O–H groups in total. The molecule has 9 nitrogen and oxygen atoms in total. The molecule has 0 aliphatic heterocycles. The zero-order valence-corrected chi connectivity index (χ0v) is 24.8. The summed E-state index contributed by atoms with van der Waals surface area (Å²) < 4.78 is 6.58. The topological polar surface area (TPSA) is 91.6 Å². The molecule has 0 aliphatic carbocycles. The summed E-state index contributed by atoms with van der Waals surface area (Å²) >= 11 is 0. The number of fused-ring (bicyclic) bond motifs is 7. The molecule has 0 bridgehead atoms. The van der Waals surface area contributed by atoms with Crippen LogP contribution in [0.3, 0.4) is 0 Å². The van der Waals surface area contributed by atoms with Gasteiger partial charge in [-0.3, -0.25) is 29.1 Å². The number of aromatic nitrogens is 8. The van der Waals surface area contributed by atoms with Gasteiger partial charge in [0.15, 0.2) is 0 Å². The van der Waals surface area contributed by atoms with Crippen molar-refractivity contribution in [3.63, 3.8) is 0 Å². The second-order valence-electron chi connectivity index (χ2n) is 11.0. The molecule has 0 saturated heterocycles. The summed E-state index contributed by atoms with van der Waals surface area (Å²) in [5.74, 6) is 0. The zero-order chi connectivity index (χ0) is 30.8. The van der Waals surface area contributed by atoms with E-state index >= 15 is 0 Å². The molecule has 0 aliphatic rings. The maximum Gasteiger partial charge on any atom is 0.147 e. The van der Waals surface area contributed by atoms with E-state index in [0.717, 1.165) is 83.3 Å². The molecule has 46 heavy (non-hydrogen) atoms. The van der Waals surface area contributed by atoms with Crippen molar-refractivity contribution >= 4 is 73.4 Å². The fourth-order valence-corrected chi connectivity index (χ4v) is 6.73. The Morgan fingerprint density at radius 2 is 1.28 bits per heavy atom. The van der Waals surface area contributed by atoms with Crippen molar-refractivity contribution in [2.24, 2.45) is 4.99 Å². The molecule has 0 atom stereocenters. The highest BCUT2D eigenvalue weighted by atomic mass is 15.1. The van der Waals surface area contributed by atoms with Gasteiger partial charge in [0, 0.05) is 58.7 Å². The molecule has 1 aromatic carbocycles. The number of pyridine rings is 5. The number of aliphatic imine (C=N–C) groups is 1. The maximum atomic E-state index is 4.86. The summed E-state index contributed by atoms with van der Waals surface area (Å²) in [6.07, 6.45) is 17.0. The highest BCUT2D eigenvalue weighted by Crippen LogP contribution is 2.39. The van der Waals surface area contributed by atoms with Crippen LogP contribution in [0.4, 0.5) is 5.69 Å². The molecule has 9 heteroatoms. The number of hydrogen-bond acceptors (Lipinski definition) is 6. The van der Waals surface area contributed by atoms with Gasteiger partial charge in [0.1, 0.15) is 11.3 Å². The second kappa shape index (κ2) is 10.0. The van der Waals surface area contributed by atoms with Crippen LogP contribution in [0.5, 0.6) is 0 Å². The third-order valence-corrected chi connectivity index (χ3v) is 8.53. The minimum absolute atomic E-state index is 0.781. The highest BCUT2D eigenvalue weighted by molar-refractivity contribution is 6.08. The molecule has 0 amide bonds. The lowest BCUT2D eigenvalue weighted by atomic mass is 10.2. The Balaban J connectivity index is 1.46. The van der Waals surface area contributed by atoms with Gasteiger partial charge in [0.2, 0.25) is 0 Å². The average molecular weight is 596 g/mol. The summed E-state index contributed by atoms with van der Waals surface area (Å²) in [5.41, 5.74) is 9.94. The van der Waals surface area contributed by atoms with E-state index in [1.807, 2.05) is 92.8 Å². The Labute approximate surface area is 262 Å². The smallest absolute Gasteiger partial charge is 0.147 e. The first-order chi connectivity index (χ1) is 22.8. The number of benzene rings is 1. The monoisotopic (exact) mass is 595 g/mol.